The number of rotatable bonds is 6. The van der Waals surface area contributed by atoms with E-state index >= 15 is 0 Å². The normalized spacial score (nSPS) is 11.9. The summed E-state index contributed by atoms with van der Waals surface area (Å²) in [6.45, 7) is 2.96. The topological polar surface area (TPSA) is 106 Å². The number of carboxylic acids is 1. The van der Waals surface area contributed by atoms with Crippen molar-refractivity contribution in [3.8, 4) is 5.75 Å². The van der Waals surface area contributed by atoms with Gasteiger partial charge in [-0.05, 0) is 31.0 Å². The summed E-state index contributed by atoms with van der Waals surface area (Å²) in [5.41, 5.74) is 0.807. The summed E-state index contributed by atoms with van der Waals surface area (Å²) in [6.07, 6.45) is 0.692. The van der Waals surface area contributed by atoms with E-state index in [1.165, 1.54) is 19.1 Å². The van der Waals surface area contributed by atoms with Gasteiger partial charge in [0.25, 0.3) is 5.91 Å². The molecule has 0 spiro atoms. The molecule has 0 bridgehead atoms. The molecule has 0 aliphatic rings. The number of aliphatic carboxylic acids is 1. The average molecular weight is 319 g/mol. The average Bonchev–Trinajstić information content (AvgIpc) is 2.51. The van der Waals surface area contributed by atoms with Crippen molar-refractivity contribution in [3.05, 3.63) is 40.2 Å². The van der Waals surface area contributed by atoms with Crippen LogP contribution >= 0.6 is 0 Å². The smallest absolute Gasteiger partial charge is 0.336 e. The molecular weight excluding hydrogens is 302 g/mol. The molecule has 1 unspecified atom stereocenters. The first-order valence-electron chi connectivity index (χ1n) is 7.12. The Bertz CT molecular complexity index is 795. The van der Waals surface area contributed by atoms with Gasteiger partial charge in [-0.15, -0.1) is 0 Å². The van der Waals surface area contributed by atoms with Crippen LogP contribution in [0.3, 0.4) is 0 Å². The molecule has 0 radical (unpaired) electrons. The van der Waals surface area contributed by atoms with Crippen molar-refractivity contribution in [1.82, 2.24) is 5.32 Å². The standard InChI is InChI=1S/C16H17NO6/c1-3-10-6-15(19)23-13-7-11(4-5-12(10)13)22-8-14(18)17-9(2)16(20)21/h4-7,9H,3,8H2,1-2H3,(H,17,18)(H,20,21). The molecule has 2 aromatic rings. The van der Waals surface area contributed by atoms with E-state index in [4.69, 9.17) is 14.3 Å². The minimum absolute atomic E-state index is 0.333. The van der Waals surface area contributed by atoms with Gasteiger partial charge in [-0.25, -0.2) is 4.79 Å². The third-order valence-electron chi connectivity index (χ3n) is 3.30. The molecule has 1 amide bonds. The zero-order valence-corrected chi connectivity index (χ0v) is 12.8. The fourth-order valence-corrected chi connectivity index (χ4v) is 2.09. The monoisotopic (exact) mass is 319 g/mol. The number of amides is 1. The number of nitrogens with one attached hydrogen (secondary N) is 1. The number of hydrogen-bond donors (Lipinski definition) is 2. The number of hydrogen-bond acceptors (Lipinski definition) is 5. The fourth-order valence-electron chi connectivity index (χ4n) is 2.09. The molecule has 0 fully saturated rings. The molecule has 1 atom stereocenters. The molecule has 1 aromatic carbocycles. The summed E-state index contributed by atoms with van der Waals surface area (Å²) in [5, 5.41) is 11.8. The third kappa shape index (κ3) is 4.09. The fraction of sp³-hybridized carbons (Fsp3) is 0.312. The van der Waals surface area contributed by atoms with Crippen LogP contribution in [0.4, 0.5) is 0 Å². The summed E-state index contributed by atoms with van der Waals surface area (Å²) < 4.78 is 10.4. The van der Waals surface area contributed by atoms with E-state index in [1.807, 2.05) is 6.92 Å². The lowest BCUT2D eigenvalue weighted by molar-refractivity contribution is -0.141. The van der Waals surface area contributed by atoms with Crippen LogP contribution in [0.5, 0.6) is 5.75 Å². The second-order valence-electron chi connectivity index (χ2n) is 5.02. The molecule has 0 saturated heterocycles. The molecule has 2 rings (SSSR count). The third-order valence-corrected chi connectivity index (χ3v) is 3.30. The highest BCUT2D eigenvalue weighted by molar-refractivity contribution is 5.84. The Kier molecular flexibility index (Phi) is 5.00. The molecule has 7 heteroatoms. The van der Waals surface area contributed by atoms with Gasteiger partial charge in [0, 0.05) is 17.5 Å². The number of carboxylic acid groups (broad SMARTS) is 1. The van der Waals surface area contributed by atoms with Crippen LogP contribution in [0.25, 0.3) is 11.0 Å². The number of ether oxygens (including phenoxy) is 1. The Morgan fingerprint density at radius 2 is 2.09 bits per heavy atom. The van der Waals surface area contributed by atoms with Gasteiger partial charge in [0.1, 0.15) is 17.4 Å². The van der Waals surface area contributed by atoms with Crippen molar-refractivity contribution in [1.29, 1.82) is 0 Å². The summed E-state index contributed by atoms with van der Waals surface area (Å²) in [5.74, 6) is -1.33. The van der Waals surface area contributed by atoms with Crippen molar-refractivity contribution in [2.24, 2.45) is 0 Å². The molecule has 2 N–H and O–H groups in total. The van der Waals surface area contributed by atoms with Crippen molar-refractivity contribution in [2.75, 3.05) is 6.61 Å². The van der Waals surface area contributed by atoms with E-state index < -0.39 is 23.5 Å². The van der Waals surface area contributed by atoms with Gasteiger partial charge in [0.15, 0.2) is 6.61 Å². The Labute approximate surface area is 131 Å². The second kappa shape index (κ2) is 6.95. The quantitative estimate of drug-likeness (QED) is 0.778. The lowest BCUT2D eigenvalue weighted by Gasteiger charge is -2.11. The largest absolute Gasteiger partial charge is 0.484 e. The van der Waals surface area contributed by atoms with Crippen LogP contribution in [-0.2, 0) is 16.0 Å². The minimum Gasteiger partial charge on any atom is -0.484 e. The molecule has 122 valence electrons. The maximum Gasteiger partial charge on any atom is 0.336 e. The van der Waals surface area contributed by atoms with Crippen molar-refractivity contribution in [3.63, 3.8) is 0 Å². The van der Waals surface area contributed by atoms with Crippen molar-refractivity contribution in [2.45, 2.75) is 26.3 Å². The lowest BCUT2D eigenvalue weighted by atomic mass is 10.1. The van der Waals surface area contributed by atoms with Crippen LogP contribution in [0.15, 0.2) is 33.5 Å². The first-order chi connectivity index (χ1) is 10.9. The zero-order valence-electron chi connectivity index (χ0n) is 12.8. The first kappa shape index (κ1) is 16.5. The van der Waals surface area contributed by atoms with Gasteiger partial charge in [-0.2, -0.15) is 0 Å². The van der Waals surface area contributed by atoms with Gasteiger partial charge >= 0.3 is 11.6 Å². The minimum atomic E-state index is -1.13. The predicted molar refractivity (Wildman–Crippen MR) is 82.6 cm³/mol. The van der Waals surface area contributed by atoms with Gasteiger partial charge in [0.2, 0.25) is 0 Å². The maximum atomic E-state index is 11.6. The van der Waals surface area contributed by atoms with Crippen LogP contribution in [0.2, 0.25) is 0 Å². The Balaban J connectivity index is 2.11. The van der Waals surface area contributed by atoms with Crippen LogP contribution < -0.4 is 15.7 Å². The van der Waals surface area contributed by atoms with Crippen molar-refractivity contribution < 1.29 is 23.8 Å². The van der Waals surface area contributed by atoms with E-state index in [0.29, 0.717) is 17.8 Å². The molecule has 0 aliphatic carbocycles. The van der Waals surface area contributed by atoms with E-state index in [2.05, 4.69) is 5.32 Å². The van der Waals surface area contributed by atoms with Gasteiger partial charge in [0.05, 0.1) is 0 Å². The van der Waals surface area contributed by atoms with E-state index in [0.717, 1.165) is 10.9 Å². The molecule has 1 aromatic heterocycles. The Morgan fingerprint density at radius 1 is 1.35 bits per heavy atom. The summed E-state index contributed by atoms with van der Waals surface area (Å²) >= 11 is 0. The number of aryl methyl sites for hydroxylation is 1. The molecule has 1 heterocycles. The maximum absolute atomic E-state index is 11.6. The zero-order chi connectivity index (χ0) is 17.0. The van der Waals surface area contributed by atoms with Gasteiger partial charge < -0.3 is 19.6 Å². The van der Waals surface area contributed by atoms with E-state index in [-0.39, 0.29) is 6.61 Å². The Hall–Kier alpha value is -2.83. The number of fused-ring (bicyclic) bond motifs is 1. The number of carbonyl (C=O) groups is 2. The number of benzene rings is 1. The highest BCUT2D eigenvalue weighted by Gasteiger charge is 2.14. The molecule has 23 heavy (non-hydrogen) atoms. The highest BCUT2D eigenvalue weighted by atomic mass is 16.5. The van der Waals surface area contributed by atoms with Crippen LogP contribution in [0.1, 0.15) is 19.4 Å². The molecule has 7 nitrogen and oxygen atoms in total. The van der Waals surface area contributed by atoms with Crippen LogP contribution in [-0.4, -0.2) is 29.6 Å². The van der Waals surface area contributed by atoms with Crippen molar-refractivity contribution >= 4 is 22.8 Å². The van der Waals surface area contributed by atoms with Crippen LogP contribution in [0, 0.1) is 0 Å². The lowest BCUT2D eigenvalue weighted by Crippen LogP contribution is -2.40. The molecular formula is C16H17NO6. The highest BCUT2D eigenvalue weighted by Crippen LogP contribution is 2.22. The van der Waals surface area contributed by atoms with E-state index in [1.54, 1.807) is 12.1 Å². The molecule has 0 aliphatic heterocycles. The number of carbonyl (C=O) groups excluding carboxylic acids is 1. The van der Waals surface area contributed by atoms with Gasteiger partial charge in [-0.1, -0.05) is 6.92 Å². The SMILES string of the molecule is CCc1cc(=O)oc2cc(OCC(=O)NC(C)C(=O)O)ccc12. The summed E-state index contributed by atoms with van der Waals surface area (Å²) in [7, 11) is 0. The van der Waals surface area contributed by atoms with E-state index in [9.17, 15) is 14.4 Å². The summed E-state index contributed by atoms with van der Waals surface area (Å²) in [6, 6.07) is 5.40. The Morgan fingerprint density at radius 3 is 2.74 bits per heavy atom. The first-order valence-corrected chi connectivity index (χ1v) is 7.12. The second-order valence-corrected chi connectivity index (χ2v) is 5.02. The summed E-state index contributed by atoms with van der Waals surface area (Å²) in [4.78, 5) is 33.7. The van der Waals surface area contributed by atoms with Gasteiger partial charge in [-0.3, -0.25) is 9.59 Å². The molecule has 0 saturated carbocycles. The predicted octanol–water partition coefficient (Wildman–Crippen LogP) is 1.32.